The maximum atomic E-state index is 9.14. The van der Waals surface area contributed by atoms with Crippen molar-refractivity contribution in [2.24, 2.45) is 5.41 Å². The third kappa shape index (κ3) is 5.04. The van der Waals surface area contributed by atoms with Gasteiger partial charge in [-0.3, -0.25) is 0 Å². The third-order valence-electron chi connectivity index (χ3n) is 2.51. The number of rotatable bonds is 7. The number of thioether (sulfide) groups is 1. The number of aliphatic hydroxyl groups is 1. The first-order chi connectivity index (χ1) is 5.68. The summed E-state index contributed by atoms with van der Waals surface area (Å²) in [5.41, 5.74) is 0.175. The van der Waals surface area contributed by atoms with E-state index in [9.17, 15) is 0 Å². The Labute approximate surface area is 80.9 Å². The summed E-state index contributed by atoms with van der Waals surface area (Å²) < 4.78 is 0. The molecule has 0 aromatic carbocycles. The highest BCUT2D eigenvalue weighted by Gasteiger charge is 2.19. The van der Waals surface area contributed by atoms with E-state index in [4.69, 9.17) is 5.11 Å². The van der Waals surface area contributed by atoms with Crippen molar-refractivity contribution in [1.82, 2.24) is 0 Å². The SMILES string of the molecule is CCSCCCC(C)(CC)CO. The molecule has 1 nitrogen and oxygen atoms in total. The van der Waals surface area contributed by atoms with Crippen LogP contribution in [0.15, 0.2) is 0 Å². The van der Waals surface area contributed by atoms with Crippen LogP contribution in [0.3, 0.4) is 0 Å². The lowest BCUT2D eigenvalue weighted by Gasteiger charge is -2.25. The molecule has 1 N–H and O–H groups in total. The normalized spacial score (nSPS) is 16.0. The molecule has 0 fully saturated rings. The first kappa shape index (κ1) is 12.3. The van der Waals surface area contributed by atoms with Gasteiger partial charge in [0.2, 0.25) is 0 Å². The summed E-state index contributed by atoms with van der Waals surface area (Å²) in [6.45, 7) is 6.85. The zero-order chi connectivity index (χ0) is 9.45. The van der Waals surface area contributed by atoms with E-state index in [2.05, 4.69) is 20.8 Å². The molecule has 0 saturated carbocycles. The van der Waals surface area contributed by atoms with Crippen molar-refractivity contribution in [3.8, 4) is 0 Å². The van der Waals surface area contributed by atoms with Crippen molar-refractivity contribution in [3.05, 3.63) is 0 Å². The van der Waals surface area contributed by atoms with Crippen molar-refractivity contribution in [2.45, 2.75) is 40.0 Å². The fourth-order valence-electron chi connectivity index (χ4n) is 1.11. The van der Waals surface area contributed by atoms with Crippen LogP contribution < -0.4 is 0 Å². The van der Waals surface area contributed by atoms with Crippen LogP contribution in [0, 0.1) is 5.41 Å². The molecule has 1 atom stereocenters. The molecular formula is C10H22OS. The number of hydrogen-bond donors (Lipinski definition) is 1. The molecule has 74 valence electrons. The average molecular weight is 190 g/mol. The summed E-state index contributed by atoms with van der Waals surface area (Å²) in [5, 5.41) is 9.14. The van der Waals surface area contributed by atoms with Gasteiger partial charge >= 0.3 is 0 Å². The molecule has 0 aliphatic heterocycles. The standard InChI is InChI=1S/C10H22OS/c1-4-10(3,9-11)7-6-8-12-5-2/h11H,4-9H2,1-3H3. The molecule has 0 bridgehead atoms. The van der Waals surface area contributed by atoms with Gasteiger partial charge in [0.05, 0.1) is 0 Å². The summed E-state index contributed by atoms with van der Waals surface area (Å²) in [7, 11) is 0. The molecule has 0 amide bonds. The second-order valence-corrected chi connectivity index (χ2v) is 5.02. The van der Waals surface area contributed by atoms with Crippen molar-refractivity contribution in [3.63, 3.8) is 0 Å². The summed E-state index contributed by atoms with van der Waals surface area (Å²) in [5.74, 6) is 2.45. The van der Waals surface area contributed by atoms with Crippen LogP contribution in [0.2, 0.25) is 0 Å². The summed E-state index contributed by atoms with van der Waals surface area (Å²) in [6.07, 6.45) is 3.48. The summed E-state index contributed by atoms with van der Waals surface area (Å²) in [4.78, 5) is 0. The molecule has 1 unspecified atom stereocenters. The van der Waals surface area contributed by atoms with Crippen molar-refractivity contribution >= 4 is 11.8 Å². The first-order valence-electron chi connectivity index (χ1n) is 4.87. The molecule has 0 saturated heterocycles. The van der Waals surface area contributed by atoms with Crippen LogP contribution in [0.1, 0.15) is 40.0 Å². The zero-order valence-corrected chi connectivity index (χ0v) is 9.41. The molecule has 0 aliphatic rings. The van der Waals surface area contributed by atoms with E-state index in [1.165, 1.54) is 17.9 Å². The van der Waals surface area contributed by atoms with Crippen LogP contribution in [0.25, 0.3) is 0 Å². The van der Waals surface area contributed by atoms with E-state index in [0.29, 0.717) is 6.61 Å². The van der Waals surface area contributed by atoms with E-state index < -0.39 is 0 Å². The molecule has 0 rings (SSSR count). The van der Waals surface area contributed by atoms with Crippen molar-refractivity contribution < 1.29 is 5.11 Å². The molecule has 0 aliphatic carbocycles. The molecule has 0 aromatic rings. The Morgan fingerprint density at radius 2 is 2.00 bits per heavy atom. The maximum Gasteiger partial charge on any atom is 0.0484 e. The minimum absolute atomic E-state index is 0.175. The lowest BCUT2D eigenvalue weighted by molar-refractivity contribution is 0.128. The largest absolute Gasteiger partial charge is 0.396 e. The quantitative estimate of drug-likeness (QED) is 0.623. The van der Waals surface area contributed by atoms with Crippen LogP contribution in [0.5, 0.6) is 0 Å². The Kier molecular flexibility index (Phi) is 6.96. The van der Waals surface area contributed by atoms with Gasteiger partial charge in [-0.2, -0.15) is 11.8 Å². The molecule has 0 heterocycles. The zero-order valence-electron chi connectivity index (χ0n) is 8.60. The minimum Gasteiger partial charge on any atom is -0.396 e. The highest BCUT2D eigenvalue weighted by Crippen LogP contribution is 2.27. The Morgan fingerprint density at radius 3 is 2.42 bits per heavy atom. The van der Waals surface area contributed by atoms with Gasteiger partial charge in [0.25, 0.3) is 0 Å². The first-order valence-corrected chi connectivity index (χ1v) is 6.02. The van der Waals surface area contributed by atoms with Crippen molar-refractivity contribution in [2.75, 3.05) is 18.1 Å². The van der Waals surface area contributed by atoms with E-state index in [-0.39, 0.29) is 5.41 Å². The van der Waals surface area contributed by atoms with E-state index in [1.54, 1.807) is 0 Å². The van der Waals surface area contributed by atoms with Crippen LogP contribution in [0.4, 0.5) is 0 Å². The van der Waals surface area contributed by atoms with Gasteiger partial charge in [0, 0.05) is 6.61 Å². The van der Waals surface area contributed by atoms with Gasteiger partial charge in [0.1, 0.15) is 0 Å². The average Bonchev–Trinajstić information content (AvgIpc) is 2.12. The Hall–Kier alpha value is 0.310. The summed E-state index contributed by atoms with van der Waals surface area (Å²) >= 11 is 1.99. The smallest absolute Gasteiger partial charge is 0.0484 e. The van der Waals surface area contributed by atoms with Gasteiger partial charge < -0.3 is 5.11 Å². The Balaban J connectivity index is 3.45. The number of hydrogen-bond acceptors (Lipinski definition) is 2. The highest BCUT2D eigenvalue weighted by molar-refractivity contribution is 7.99. The Bertz CT molecular complexity index is 100. The predicted molar refractivity (Wildman–Crippen MR) is 57.7 cm³/mol. The van der Waals surface area contributed by atoms with Gasteiger partial charge in [-0.05, 0) is 36.2 Å². The van der Waals surface area contributed by atoms with E-state index >= 15 is 0 Å². The lowest BCUT2D eigenvalue weighted by Crippen LogP contribution is -2.20. The predicted octanol–water partition coefficient (Wildman–Crippen LogP) is 2.93. The summed E-state index contributed by atoms with van der Waals surface area (Å²) in [6, 6.07) is 0. The van der Waals surface area contributed by atoms with Gasteiger partial charge in [-0.15, -0.1) is 0 Å². The fraction of sp³-hybridized carbons (Fsp3) is 1.00. The minimum atomic E-state index is 0.175. The molecular weight excluding hydrogens is 168 g/mol. The van der Waals surface area contributed by atoms with Gasteiger partial charge in [0.15, 0.2) is 0 Å². The molecule has 0 radical (unpaired) electrons. The maximum absolute atomic E-state index is 9.14. The van der Waals surface area contributed by atoms with E-state index in [1.807, 2.05) is 11.8 Å². The van der Waals surface area contributed by atoms with Crippen LogP contribution >= 0.6 is 11.8 Å². The lowest BCUT2D eigenvalue weighted by atomic mass is 9.84. The second-order valence-electron chi connectivity index (χ2n) is 3.62. The second kappa shape index (κ2) is 6.79. The molecule has 12 heavy (non-hydrogen) atoms. The van der Waals surface area contributed by atoms with Crippen LogP contribution in [-0.2, 0) is 0 Å². The molecule has 0 spiro atoms. The molecule has 2 heteroatoms. The Morgan fingerprint density at radius 1 is 1.33 bits per heavy atom. The van der Waals surface area contributed by atoms with E-state index in [0.717, 1.165) is 12.8 Å². The number of aliphatic hydroxyl groups excluding tert-OH is 1. The van der Waals surface area contributed by atoms with Crippen LogP contribution in [-0.4, -0.2) is 23.2 Å². The monoisotopic (exact) mass is 190 g/mol. The third-order valence-corrected chi connectivity index (χ3v) is 3.49. The topological polar surface area (TPSA) is 20.2 Å². The van der Waals surface area contributed by atoms with Gasteiger partial charge in [-0.25, -0.2) is 0 Å². The van der Waals surface area contributed by atoms with Gasteiger partial charge in [-0.1, -0.05) is 20.8 Å². The highest BCUT2D eigenvalue weighted by atomic mass is 32.2. The molecule has 0 aromatic heterocycles. The fourth-order valence-corrected chi connectivity index (χ4v) is 1.75. The van der Waals surface area contributed by atoms with Crippen molar-refractivity contribution in [1.29, 1.82) is 0 Å².